The molecule has 2 heterocycles. The number of aryl methyl sites for hydroxylation is 1. The third kappa shape index (κ3) is 2.47. The molecule has 0 atom stereocenters. The highest BCUT2D eigenvalue weighted by Crippen LogP contribution is 2.21. The van der Waals surface area contributed by atoms with E-state index in [4.69, 9.17) is 20.9 Å². The molecule has 0 N–H and O–H groups in total. The van der Waals surface area contributed by atoms with Crippen LogP contribution in [0.3, 0.4) is 0 Å². The molecule has 0 bridgehead atoms. The second-order valence-corrected chi connectivity index (χ2v) is 3.37. The molecular weight excluding hydrogens is 216 g/mol. The highest BCUT2D eigenvalue weighted by atomic mass is 35.5. The van der Waals surface area contributed by atoms with Crippen LogP contribution in [0.5, 0.6) is 5.75 Å². The van der Waals surface area contributed by atoms with Crippen molar-refractivity contribution in [3.05, 3.63) is 41.0 Å². The number of pyridine rings is 1. The normalized spacial score (nSPS) is 10.3. The molecule has 0 radical (unpaired) electrons. The molecule has 0 aliphatic rings. The number of aromatic nitrogens is 2. The summed E-state index contributed by atoms with van der Waals surface area (Å²) in [6.07, 6.45) is 1.61. The van der Waals surface area contributed by atoms with Crippen LogP contribution in [0.2, 0.25) is 5.15 Å². The van der Waals surface area contributed by atoms with Gasteiger partial charge in [-0.05, 0) is 19.1 Å². The predicted molar refractivity (Wildman–Crippen MR) is 54.8 cm³/mol. The zero-order valence-electron chi connectivity index (χ0n) is 8.11. The maximum absolute atomic E-state index is 5.82. The fraction of sp³-hybridized carbons (Fsp3) is 0.200. The van der Waals surface area contributed by atoms with Crippen molar-refractivity contribution in [1.29, 1.82) is 0 Å². The van der Waals surface area contributed by atoms with Crippen molar-refractivity contribution in [3.8, 4) is 5.75 Å². The molecular formula is C10H9ClN2O2. The number of rotatable bonds is 3. The van der Waals surface area contributed by atoms with Crippen molar-refractivity contribution in [3.63, 3.8) is 0 Å². The monoisotopic (exact) mass is 224 g/mol. The zero-order valence-corrected chi connectivity index (χ0v) is 8.86. The summed E-state index contributed by atoms with van der Waals surface area (Å²) < 4.78 is 10.3. The Morgan fingerprint density at radius 2 is 2.40 bits per heavy atom. The van der Waals surface area contributed by atoms with Gasteiger partial charge in [-0.1, -0.05) is 16.8 Å². The first-order valence-electron chi connectivity index (χ1n) is 4.41. The lowest BCUT2D eigenvalue weighted by Crippen LogP contribution is -1.96. The van der Waals surface area contributed by atoms with Crippen LogP contribution in [-0.4, -0.2) is 10.1 Å². The molecule has 0 unspecified atom stereocenters. The van der Waals surface area contributed by atoms with Crippen LogP contribution >= 0.6 is 11.6 Å². The third-order valence-electron chi connectivity index (χ3n) is 1.78. The molecule has 0 aromatic carbocycles. The van der Waals surface area contributed by atoms with E-state index in [1.54, 1.807) is 18.3 Å². The molecule has 2 rings (SSSR count). The molecule has 0 amide bonds. The van der Waals surface area contributed by atoms with Crippen molar-refractivity contribution in [1.82, 2.24) is 10.1 Å². The molecule has 4 nitrogen and oxygen atoms in total. The predicted octanol–water partition coefficient (Wildman–Crippen LogP) is 2.61. The van der Waals surface area contributed by atoms with Crippen LogP contribution in [0.15, 0.2) is 28.9 Å². The van der Waals surface area contributed by atoms with Gasteiger partial charge < -0.3 is 9.26 Å². The highest BCUT2D eigenvalue weighted by Gasteiger charge is 2.04. The molecule has 0 aliphatic heterocycles. The second kappa shape index (κ2) is 4.31. The van der Waals surface area contributed by atoms with Crippen molar-refractivity contribution in [2.24, 2.45) is 0 Å². The van der Waals surface area contributed by atoms with Crippen LogP contribution in [0, 0.1) is 6.92 Å². The minimum Gasteiger partial charge on any atom is -0.484 e. The van der Waals surface area contributed by atoms with Crippen molar-refractivity contribution < 1.29 is 9.26 Å². The Balaban J connectivity index is 2.02. The standard InChI is InChI=1S/C10H9ClN2O2/c1-7-5-8(13-15-7)6-14-9-3-2-4-12-10(9)11/h2-5H,6H2,1H3. The van der Waals surface area contributed by atoms with E-state index < -0.39 is 0 Å². The fourth-order valence-corrected chi connectivity index (χ4v) is 1.29. The van der Waals surface area contributed by atoms with Crippen LogP contribution < -0.4 is 4.74 Å². The topological polar surface area (TPSA) is 48.2 Å². The van der Waals surface area contributed by atoms with Crippen molar-refractivity contribution in [2.45, 2.75) is 13.5 Å². The zero-order chi connectivity index (χ0) is 10.7. The molecule has 5 heteroatoms. The summed E-state index contributed by atoms with van der Waals surface area (Å²) in [6.45, 7) is 2.15. The largest absolute Gasteiger partial charge is 0.484 e. The van der Waals surface area contributed by atoms with E-state index in [-0.39, 0.29) is 0 Å². The van der Waals surface area contributed by atoms with Gasteiger partial charge >= 0.3 is 0 Å². The van der Waals surface area contributed by atoms with E-state index in [1.807, 2.05) is 13.0 Å². The maximum atomic E-state index is 5.82. The second-order valence-electron chi connectivity index (χ2n) is 3.01. The molecule has 78 valence electrons. The van der Waals surface area contributed by atoms with Gasteiger partial charge in [0, 0.05) is 12.3 Å². The van der Waals surface area contributed by atoms with E-state index in [0.717, 1.165) is 11.5 Å². The summed E-state index contributed by atoms with van der Waals surface area (Å²) in [5.41, 5.74) is 0.729. The van der Waals surface area contributed by atoms with Crippen molar-refractivity contribution >= 4 is 11.6 Å². The SMILES string of the molecule is Cc1cc(COc2cccnc2Cl)no1. The number of hydrogen-bond donors (Lipinski definition) is 0. The molecule has 2 aromatic heterocycles. The van der Waals surface area contributed by atoms with Gasteiger partial charge in [-0.3, -0.25) is 0 Å². The molecule has 0 saturated carbocycles. The van der Waals surface area contributed by atoms with E-state index in [2.05, 4.69) is 10.1 Å². The van der Waals surface area contributed by atoms with E-state index in [9.17, 15) is 0 Å². The summed E-state index contributed by atoms with van der Waals surface area (Å²) in [5, 5.41) is 4.14. The number of ether oxygens (including phenoxy) is 1. The van der Waals surface area contributed by atoms with Gasteiger partial charge in [-0.15, -0.1) is 0 Å². The van der Waals surface area contributed by atoms with Crippen LogP contribution in [0.4, 0.5) is 0 Å². The van der Waals surface area contributed by atoms with Crippen LogP contribution in [-0.2, 0) is 6.61 Å². The van der Waals surface area contributed by atoms with Gasteiger partial charge in [-0.2, -0.15) is 0 Å². The Morgan fingerprint density at radius 1 is 1.53 bits per heavy atom. The minimum absolute atomic E-state index is 0.322. The fourth-order valence-electron chi connectivity index (χ4n) is 1.12. The lowest BCUT2D eigenvalue weighted by Gasteiger charge is -2.03. The quantitative estimate of drug-likeness (QED) is 0.752. The van der Waals surface area contributed by atoms with Gasteiger partial charge in [0.25, 0.3) is 0 Å². The Labute approximate surface area is 91.8 Å². The van der Waals surface area contributed by atoms with Crippen LogP contribution in [0.1, 0.15) is 11.5 Å². The lowest BCUT2D eigenvalue weighted by atomic mass is 10.4. The van der Waals surface area contributed by atoms with Crippen molar-refractivity contribution in [2.75, 3.05) is 0 Å². The molecule has 0 saturated heterocycles. The summed E-state index contributed by atoms with van der Waals surface area (Å²) in [5.74, 6) is 1.30. The van der Waals surface area contributed by atoms with Gasteiger partial charge in [0.05, 0.1) is 0 Å². The molecule has 0 aliphatic carbocycles. The summed E-state index contributed by atoms with van der Waals surface area (Å²) in [7, 11) is 0. The highest BCUT2D eigenvalue weighted by molar-refractivity contribution is 6.30. The first-order valence-corrected chi connectivity index (χ1v) is 4.79. The average molecular weight is 225 g/mol. The Kier molecular flexibility index (Phi) is 2.87. The first kappa shape index (κ1) is 9.98. The first-order chi connectivity index (χ1) is 7.25. The van der Waals surface area contributed by atoms with E-state index >= 15 is 0 Å². The Bertz CT molecular complexity index is 456. The summed E-state index contributed by atoms with van der Waals surface area (Å²) in [6, 6.07) is 5.32. The molecule has 15 heavy (non-hydrogen) atoms. The Hall–Kier alpha value is -1.55. The van der Waals surface area contributed by atoms with Gasteiger partial charge in [0.2, 0.25) is 0 Å². The summed E-state index contributed by atoms with van der Waals surface area (Å²) in [4.78, 5) is 3.89. The maximum Gasteiger partial charge on any atom is 0.171 e. The van der Waals surface area contributed by atoms with E-state index in [0.29, 0.717) is 17.5 Å². The number of hydrogen-bond acceptors (Lipinski definition) is 4. The van der Waals surface area contributed by atoms with Crippen LogP contribution in [0.25, 0.3) is 0 Å². The average Bonchev–Trinajstić information content (AvgIpc) is 2.63. The van der Waals surface area contributed by atoms with Gasteiger partial charge in [-0.25, -0.2) is 4.98 Å². The van der Waals surface area contributed by atoms with E-state index in [1.165, 1.54) is 0 Å². The summed E-state index contributed by atoms with van der Waals surface area (Å²) >= 11 is 5.82. The minimum atomic E-state index is 0.322. The molecule has 0 spiro atoms. The van der Waals surface area contributed by atoms with Gasteiger partial charge in [0.1, 0.15) is 18.1 Å². The smallest absolute Gasteiger partial charge is 0.171 e. The number of halogens is 1. The number of nitrogens with zero attached hydrogens (tertiary/aromatic N) is 2. The Morgan fingerprint density at radius 3 is 3.07 bits per heavy atom. The molecule has 2 aromatic rings. The van der Waals surface area contributed by atoms with Gasteiger partial charge in [0.15, 0.2) is 10.9 Å². The third-order valence-corrected chi connectivity index (χ3v) is 2.06. The lowest BCUT2D eigenvalue weighted by molar-refractivity contribution is 0.287. The molecule has 0 fully saturated rings.